The average molecular weight is 643 g/mol. The van der Waals surface area contributed by atoms with Crippen LogP contribution in [0.4, 0.5) is 5.69 Å². The minimum atomic E-state index is -2.87. The molecule has 0 bridgehead atoms. The van der Waals surface area contributed by atoms with Gasteiger partial charge in [-0.3, -0.25) is 0 Å². The van der Waals surface area contributed by atoms with Gasteiger partial charge >= 0.3 is 17.4 Å². The van der Waals surface area contributed by atoms with Crippen molar-refractivity contribution in [3.8, 4) is 0 Å². The predicted molar refractivity (Wildman–Crippen MR) is 182 cm³/mol. The summed E-state index contributed by atoms with van der Waals surface area (Å²) in [5.41, 5.74) is 4.56. The van der Waals surface area contributed by atoms with Crippen LogP contribution in [0.2, 0.25) is 44.8 Å². The Balaban J connectivity index is 3.37. The van der Waals surface area contributed by atoms with E-state index in [1.54, 1.807) is 46.3 Å². The maximum absolute atomic E-state index is 6.01. The van der Waals surface area contributed by atoms with E-state index in [-0.39, 0.29) is 5.54 Å². The number of rotatable bonds is 21. The summed E-state index contributed by atoms with van der Waals surface area (Å²) in [6, 6.07) is 4.73. The fraction of sp³-hybridized carbons (Fsp3) is 0.786. The van der Waals surface area contributed by atoms with Gasteiger partial charge in [-0.25, -0.2) is 0 Å². The summed E-state index contributed by atoms with van der Waals surface area (Å²) in [4.78, 5) is 2.60. The van der Waals surface area contributed by atoms with Crippen molar-refractivity contribution in [1.29, 1.82) is 0 Å². The summed E-state index contributed by atoms with van der Waals surface area (Å²) in [6.45, 7) is 21.8. The molecular weight excluding hydrogens is 585 g/mol. The molecule has 1 rings (SSSR count). The monoisotopic (exact) mass is 642 g/mol. The predicted octanol–water partition coefficient (Wildman–Crippen LogP) is 3.94. The Labute approximate surface area is 254 Å². The molecule has 12 heteroatoms. The summed E-state index contributed by atoms with van der Waals surface area (Å²) in [7, 11) is 3.31. The fourth-order valence-electron chi connectivity index (χ4n) is 5.48. The Morgan fingerprint density at radius 1 is 0.925 bits per heavy atom. The normalized spacial score (nSPS) is 13.5. The molecule has 0 saturated heterocycles. The van der Waals surface area contributed by atoms with Gasteiger partial charge in [0, 0.05) is 54.3 Å². The molecule has 1 aromatic rings. The van der Waals surface area contributed by atoms with Crippen LogP contribution in [-0.4, -0.2) is 106 Å². The quantitative estimate of drug-likeness (QED) is 0.161. The highest BCUT2D eigenvalue weighted by Gasteiger charge is 2.47. The minimum Gasteiger partial charge on any atom is -0.398 e. The number of anilines is 1. The lowest BCUT2D eigenvalue weighted by molar-refractivity contribution is 0.114. The van der Waals surface area contributed by atoms with Crippen molar-refractivity contribution >= 4 is 60.5 Å². The average Bonchev–Trinajstić information content (AvgIpc) is 2.95. The number of benzene rings is 1. The first-order chi connectivity index (χ1) is 19.0. The van der Waals surface area contributed by atoms with Crippen LogP contribution in [0.1, 0.15) is 43.9 Å². The Bertz CT molecular complexity index is 858. The first-order valence-corrected chi connectivity index (χ1v) is 25.4. The molecule has 1 unspecified atom stereocenters. The van der Waals surface area contributed by atoms with E-state index in [1.807, 2.05) is 0 Å². The van der Waals surface area contributed by atoms with Crippen molar-refractivity contribution in [2.75, 3.05) is 66.3 Å². The molecule has 0 heterocycles. The van der Waals surface area contributed by atoms with E-state index in [9.17, 15) is 0 Å². The third-order valence-electron chi connectivity index (χ3n) is 8.05. The summed E-state index contributed by atoms with van der Waals surface area (Å²) < 4.78 is 29.3. The highest BCUT2D eigenvalue weighted by molar-refractivity contribution is 6.75. The van der Waals surface area contributed by atoms with E-state index in [4.69, 9.17) is 22.1 Å². The molecular formula is C28H58N2O5Si5. The molecule has 0 aliphatic rings. The van der Waals surface area contributed by atoms with Crippen LogP contribution in [0.15, 0.2) is 6.07 Å². The Morgan fingerprint density at radius 2 is 1.50 bits per heavy atom. The maximum Gasteiger partial charge on any atom is 0.507 e. The number of hydrogen-bond donors (Lipinski definition) is 1. The molecule has 1 aromatic carbocycles. The largest absolute Gasteiger partial charge is 0.507 e. The van der Waals surface area contributed by atoms with Crippen molar-refractivity contribution in [3.63, 3.8) is 0 Å². The molecule has 40 heavy (non-hydrogen) atoms. The summed E-state index contributed by atoms with van der Waals surface area (Å²) in [5.74, 6) is 0. The Kier molecular flexibility index (Phi) is 17.5. The summed E-state index contributed by atoms with van der Waals surface area (Å²) in [5, 5.41) is 6.77. The molecule has 0 fully saturated rings. The van der Waals surface area contributed by atoms with Gasteiger partial charge in [0.05, 0.1) is 32.7 Å². The van der Waals surface area contributed by atoms with E-state index in [2.05, 4.69) is 69.8 Å². The standard InChI is InChI=1S/C28H58N2O5Si5/c1-14-30(15-2)27-24(17-19-36-22-29-18-16-20-39(13,31-4)32-5)28(38(11)12)25(21-26(27)37(9)10)23(3)40(33-6,34-7)35-8/h21,23,29H,14-20,22H2,1-13H3. The lowest BCUT2D eigenvalue weighted by Gasteiger charge is -2.36. The summed E-state index contributed by atoms with van der Waals surface area (Å²) >= 11 is 0. The highest BCUT2D eigenvalue weighted by atomic mass is 28.4. The van der Waals surface area contributed by atoms with Crippen molar-refractivity contribution in [1.82, 2.24) is 5.32 Å². The van der Waals surface area contributed by atoms with Gasteiger partial charge < -0.3 is 32.3 Å². The molecule has 0 aliphatic carbocycles. The third kappa shape index (κ3) is 9.69. The van der Waals surface area contributed by atoms with Crippen molar-refractivity contribution in [3.05, 3.63) is 17.2 Å². The molecule has 0 amide bonds. The van der Waals surface area contributed by atoms with Crippen LogP contribution in [0.25, 0.3) is 0 Å². The van der Waals surface area contributed by atoms with Crippen LogP contribution < -0.4 is 20.6 Å². The zero-order chi connectivity index (χ0) is 30.5. The Morgan fingerprint density at radius 3 is 1.95 bits per heavy atom. The van der Waals surface area contributed by atoms with Crippen LogP contribution in [-0.2, 0) is 28.6 Å². The van der Waals surface area contributed by atoms with Crippen LogP contribution in [0, 0.1) is 0 Å². The van der Waals surface area contributed by atoms with E-state index in [1.165, 1.54) is 22.5 Å². The highest BCUT2D eigenvalue weighted by Crippen LogP contribution is 2.31. The molecule has 1 N–H and O–H groups in total. The maximum atomic E-state index is 6.01. The number of hydrogen-bond acceptors (Lipinski definition) is 7. The number of nitrogens with zero attached hydrogens (tertiary/aromatic N) is 1. The van der Waals surface area contributed by atoms with Gasteiger partial charge in [-0.15, -0.1) is 0 Å². The van der Waals surface area contributed by atoms with Gasteiger partial charge in [0.25, 0.3) is 0 Å². The van der Waals surface area contributed by atoms with Gasteiger partial charge in [0.2, 0.25) is 0 Å². The lowest BCUT2D eigenvalue weighted by Crippen LogP contribution is -2.51. The first kappa shape index (κ1) is 37.9. The van der Waals surface area contributed by atoms with E-state index in [0.29, 0.717) is 0 Å². The number of nitrogens with one attached hydrogen (secondary N) is 1. The van der Waals surface area contributed by atoms with Crippen LogP contribution in [0.5, 0.6) is 0 Å². The third-order valence-corrected chi connectivity index (χ3v) is 18.3. The van der Waals surface area contributed by atoms with Gasteiger partial charge in [0.1, 0.15) is 0 Å². The second kappa shape index (κ2) is 18.5. The smallest absolute Gasteiger partial charge is 0.398 e. The molecule has 1 atom stereocenters. The van der Waals surface area contributed by atoms with Gasteiger partial charge in [-0.1, -0.05) is 50.4 Å². The molecule has 0 aliphatic heterocycles. The zero-order valence-electron chi connectivity index (χ0n) is 27.8. The Hall–Kier alpha value is -0.136. The molecule has 230 valence electrons. The van der Waals surface area contributed by atoms with Crippen molar-refractivity contribution in [2.24, 2.45) is 0 Å². The van der Waals surface area contributed by atoms with Crippen molar-refractivity contribution in [2.45, 2.75) is 84.0 Å². The second-order valence-electron chi connectivity index (χ2n) is 10.9. The van der Waals surface area contributed by atoms with Gasteiger partial charge in [0.15, 0.2) is 0 Å². The second-order valence-corrected chi connectivity index (χ2v) is 24.2. The molecule has 7 nitrogen and oxygen atoms in total. The van der Waals surface area contributed by atoms with E-state index < -0.39 is 35.0 Å². The topological polar surface area (TPSA) is 61.4 Å². The molecule has 0 saturated carbocycles. The zero-order valence-corrected chi connectivity index (χ0v) is 32.8. The van der Waals surface area contributed by atoms with Crippen molar-refractivity contribution < 1.29 is 22.1 Å². The van der Waals surface area contributed by atoms with Crippen LogP contribution >= 0.6 is 0 Å². The van der Waals surface area contributed by atoms with Gasteiger partial charge in [-0.05, 0) is 68.3 Å². The SMILES string of the molecule is CCN(CC)c1c([Si](C)C)cc(C(C)[Si](OC)(OC)OC)c([Si](C)C)c1CC[Si]CNCCC[Si](C)(OC)OC. The molecule has 4 radical (unpaired) electrons. The van der Waals surface area contributed by atoms with E-state index in [0.717, 1.165) is 54.2 Å². The van der Waals surface area contributed by atoms with Gasteiger partial charge in [-0.2, -0.15) is 0 Å². The minimum absolute atomic E-state index is 0.0737. The lowest BCUT2D eigenvalue weighted by atomic mass is 10.0. The molecule has 0 aromatic heterocycles. The summed E-state index contributed by atoms with van der Waals surface area (Å²) in [6.07, 6.45) is 3.27. The van der Waals surface area contributed by atoms with Crippen LogP contribution in [0.3, 0.4) is 0 Å². The van der Waals surface area contributed by atoms with E-state index >= 15 is 0 Å². The first-order valence-electron chi connectivity index (χ1n) is 14.7. The molecule has 0 spiro atoms. The fourth-order valence-corrected chi connectivity index (χ4v) is 13.1.